The summed E-state index contributed by atoms with van der Waals surface area (Å²) in [6.07, 6.45) is 3.44. The van der Waals surface area contributed by atoms with Crippen molar-refractivity contribution >= 4 is 52.0 Å². The molecule has 0 atom stereocenters. The SMILES string of the molecule is O=C1C(c2cccs2)=C(N2CCN(c3ncccn3)CC2)C(=O)N1c1ccc(Cl)cc1. The second-order valence-corrected chi connectivity index (χ2v) is 8.53. The second-order valence-electron chi connectivity index (χ2n) is 7.15. The zero-order valence-corrected chi connectivity index (χ0v) is 18.0. The largest absolute Gasteiger partial charge is 0.363 e. The maximum atomic E-state index is 13.5. The van der Waals surface area contributed by atoms with Crippen molar-refractivity contribution in [1.82, 2.24) is 14.9 Å². The molecule has 7 nitrogen and oxygen atoms in total. The molecule has 0 saturated carbocycles. The summed E-state index contributed by atoms with van der Waals surface area (Å²) in [5, 5.41) is 2.46. The number of aromatic nitrogens is 2. The number of hydrogen-bond donors (Lipinski definition) is 0. The van der Waals surface area contributed by atoms with Gasteiger partial charge in [0.1, 0.15) is 5.70 Å². The molecule has 0 N–H and O–H groups in total. The number of hydrogen-bond acceptors (Lipinski definition) is 7. The van der Waals surface area contributed by atoms with E-state index >= 15 is 0 Å². The summed E-state index contributed by atoms with van der Waals surface area (Å²) in [6.45, 7) is 2.51. The lowest BCUT2D eigenvalue weighted by Crippen LogP contribution is -2.48. The molecule has 1 aromatic carbocycles. The molecule has 156 valence electrons. The van der Waals surface area contributed by atoms with Gasteiger partial charge in [-0.15, -0.1) is 11.3 Å². The third-order valence-electron chi connectivity index (χ3n) is 5.34. The molecule has 0 bridgehead atoms. The van der Waals surface area contributed by atoms with Gasteiger partial charge in [0, 0.05) is 48.5 Å². The lowest BCUT2D eigenvalue weighted by Gasteiger charge is -2.36. The van der Waals surface area contributed by atoms with Crippen molar-refractivity contribution in [1.29, 1.82) is 0 Å². The zero-order valence-electron chi connectivity index (χ0n) is 16.4. The maximum Gasteiger partial charge on any atom is 0.282 e. The fourth-order valence-corrected chi connectivity index (χ4v) is 4.75. The van der Waals surface area contributed by atoms with Gasteiger partial charge < -0.3 is 9.80 Å². The summed E-state index contributed by atoms with van der Waals surface area (Å²) < 4.78 is 0. The van der Waals surface area contributed by atoms with E-state index in [4.69, 9.17) is 11.6 Å². The first-order valence-corrected chi connectivity index (χ1v) is 11.1. The third-order valence-corrected chi connectivity index (χ3v) is 6.48. The van der Waals surface area contributed by atoms with E-state index in [0.717, 1.165) is 4.88 Å². The normalized spacial score (nSPS) is 17.1. The van der Waals surface area contributed by atoms with Crippen molar-refractivity contribution < 1.29 is 9.59 Å². The van der Waals surface area contributed by atoms with E-state index in [9.17, 15) is 9.59 Å². The van der Waals surface area contributed by atoms with Gasteiger partial charge in [0.05, 0.1) is 11.3 Å². The molecule has 1 fully saturated rings. The quantitative estimate of drug-likeness (QED) is 0.567. The van der Waals surface area contributed by atoms with Crippen LogP contribution in [0.5, 0.6) is 0 Å². The van der Waals surface area contributed by atoms with Gasteiger partial charge in [-0.25, -0.2) is 14.9 Å². The highest BCUT2D eigenvalue weighted by Crippen LogP contribution is 2.37. The van der Waals surface area contributed by atoms with E-state index in [1.807, 2.05) is 22.4 Å². The molecule has 2 aliphatic heterocycles. The monoisotopic (exact) mass is 451 g/mol. The fraction of sp³-hybridized carbons (Fsp3) is 0.182. The van der Waals surface area contributed by atoms with Crippen LogP contribution in [0.1, 0.15) is 4.88 Å². The lowest BCUT2D eigenvalue weighted by atomic mass is 10.1. The Labute approximate surface area is 188 Å². The van der Waals surface area contributed by atoms with Crippen LogP contribution < -0.4 is 9.80 Å². The Kier molecular flexibility index (Phi) is 5.17. The van der Waals surface area contributed by atoms with Crippen molar-refractivity contribution in [3.05, 3.63) is 75.8 Å². The summed E-state index contributed by atoms with van der Waals surface area (Å²) in [6, 6.07) is 12.3. The first-order chi connectivity index (χ1) is 15.1. The Balaban J connectivity index is 1.47. The number of anilines is 2. The number of carbonyl (C=O) groups excluding carboxylic acids is 2. The van der Waals surface area contributed by atoms with Gasteiger partial charge in [-0.3, -0.25) is 9.59 Å². The van der Waals surface area contributed by atoms with Crippen LogP contribution in [0.15, 0.2) is 65.9 Å². The van der Waals surface area contributed by atoms with Gasteiger partial charge in [0.2, 0.25) is 5.95 Å². The molecule has 0 spiro atoms. The Morgan fingerprint density at radius 1 is 0.839 bits per heavy atom. The number of nitrogens with zero attached hydrogens (tertiary/aromatic N) is 5. The van der Waals surface area contributed by atoms with Crippen molar-refractivity contribution in [3.63, 3.8) is 0 Å². The van der Waals surface area contributed by atoms with E-state index in [1.54, 1.807) is 42.7 Å². The number of carbonyl (C=O) groups is 2. The third kappa shape index (κ3) is 3.58. The number of piperazine rings is 1. The van der Waals surface area contributed by atoms with E-state index in [-0.39, 0.29) is 11.8 Å². The van der Waals surface area contributed by atoms with E-state index in [2.05, 4.69) is 14.9 Å². The van der Waals surface area contributed by atoms with Crippen LogP contribution in [0.3, 0.4) is 0 Å². The predicted molar refractivity (Wildman–Crippen MR) is 121 cm³/mol. The van der Waals surface area contributed by atoms with Crippen molar-refractivity contribution in [2.45, 2.75) is 0 Å². The number of halogens is 1. The highest BCUT2D eigenvalue weighted by Gasteiger charge is 2.43. The Morgan fingerprint density at radius 2 is 1.52 bits per heavy atom. The average molecular weight is 452 g/mol. The van der Waals surface area contributed by atoms with Crippen LogP contribution in [0.2, 0.25) is 5.02 Å². The Hall–Kier alpha value is -3.23. The first kappa shape index (κ1) is 19.7. The average Bonchev–Trinajstić information content (AvgIpc) is 3.41. The molecule has 31 heavy (non-hydrogen) atoms. The Morgan fingerprint density at radius 3 is 2.16 bits per heavy atom. The van der Waals surface area contributed by atoms with Gasteiger partial charge in [-0.2, -0.15) is 0 Å². The van der Waals surface area contributed by atoms with Crippen molar-refractivity contribution in [3.8, 4) is 0 Å². The lowest BCUT2D eigenvalue weighted by molar-refractivity contribution is -0.120. The summed E-state index contributed by atoms with van der Waals surface area (Å²) in [5.74, 6) is 0.0601. The number of rotatable bonds is 4. The standard InChI is InChI=1S/C22H18ClN5O2S/c23-15-4-6-16(7-5-15)28-20(29)18(17-3-1-14-31-17)19(21(28)30)26-10-12-27(13-11-26)22-24-8-2-9-25-22/h1-9,14H,10-13H2. The molecular weight excluding hydrogens is 434 g/mol. The molecule has 4 heterocycles. The van der Waals surface area contributed by atoms with Gasteiger partial charge >= 0.3 is 0 Å². The summed E-state index contributed by atoms with van der Waals surface area (Å²) in [7, 11) is 0. The Bertz CT molecular complexity index is 1140. The predicted octanol–water partition coefficient (Wildman–Crippen LogP) is 3.30. The number of amides is 2. The first-order valence-electron chi connectivity index (χ1n) is 9.83. The minimum absolute atomic E-state index is 0.305. The molecule has 0 unspecified atom stereocenters. The molecular formula is C22H18ClN5O2S. The molecule has 2 aromatic heterocycles. The van der Waals surface area contributed by atoms with E-state index < -0.39 is 0 Å². The number of imide groups is 1. The van der Waals surface area contributed by atoms with Gasteiger partial charge in [0.25, 0.3) is 11.8 Å². The van der Waals surface area contributed by atoms with Crippen LogP contribution in [0, 0.1) is 0 Å². The van der Waals surface area contributed by atoms with Crippen LogP contribution in [0.25, 0.3) is 5.57 Å². The van der Waals surface area contributed by atoms with Crippen LogP contribution in [0.4, 0.5) is 11.6 Å². The zero-order chi connectivity index (χ0) is 21.4. The van der Waals surface area contributed by atoms with Gasteiger partial charge in [0.15, 0.2) is 0 Å². The smallest absolute Gasteiger partial charge is 0.282 e. The highest BCUT2D eigenvalue weighted by atomic mass is 35.5. The molecule has 2 aliphatic rings. The molecule has 5 rings (SSSR count). The molecule has 0 radical (unpaired) electrons. The van der Waals surface area contributed by atoms with Gasteiger partial charge in [-0.1, -0.05) is 17.7 Å². The van der Waals surface area contributed by atoms with E-state index in [1.165, 1.54) is 16.2 Å². The van der Waals surface area contributed by atoms with Crippen molar-refractivity contribution in [2.24, 2.45) is 0 Å². The molecule has 9 heteroatoms. The molecule has 1 saturated heterocycles. The maximum absolute atomic E-state index is 13.5. The van der Waals surface area contributed by atoms with Crippen LogP contribution in [-0.2, 0) is 9.59 Å². The van der Waals surface area contributed by atoms with E-state index in [0.29, 0.717) is 54.1 Å². The summed E-state index contributed by atoms with van der Waals surface area (Å²) in [5.41, 5.74) is 1.43. The summed E-state index contributed by atoms with van der Waals surface area (Å²) >= 11 is 7.45. The van der Waals surface area contributed by atoms with Crippen LogP contribution >= 0.6 is 22.9 Å². The molecule has 3 aromatic rings. The van der Waals surface area contributed by atoms with Crippen molar-refractivity contribution in [2.75, 3.05) is 36.0 Å². The van der Waals surface area contributed by atoms with Gasteiger partial charge in [-0.05, 0) is 41.8 Å². The molecule has 0 aliphatic carbocycles. The molecule has 2 amide bonds. The number of benzene rings is 1. The minimum atomic E-state index is -0.307. The minimum Gasteiger partial charge on any atom is -0.363 e. The fourth-order valence-electron chi connectivity index (χ4n) is 3.86. The second kappa shape index (κ2) is 8.13. The topological polar surface area (TPSA) is 69.6 Å². The number of thiophene rings is 1. The highest BCUT2D eigenvalue weighted by molar-refractivity contribution is 7.11. The van der Waals surface area contributed by atoms with Crippen LogP contribution in [-0.4, -0.2) is 52.9 Å². The summed E-state index contributed by atoms with van der Waals surface area (Å²) in [4.78, 5) is 41.6.